The summed E-state index contributed by atoms with van der Waals surface area (Å²) in [4.78, 5) is 8.33. The second-order valence-electron chi connectivity index (χ2n) is 0.250. The average molecular weight is 222 g/mol. The van der Waals surface area contributed by atoms with E-state index in [4.69, 9.17) is 18.0 Å². The number of carboxylic acid groups (broad SMARTS) is 2. The Hall–Kier alpha value is 0.654. The van der Waals surface area contributed by atoms with Crippen LogP contribution < -0.4 is 10.2 Å². The molecule has 0 bridgehead atoms. The van der Waals surface area contributed by atoms with Gasteiger partial charge in [-0.1, -0.05) is 0 Å². The van der Waals surface area contributed by atoms with Gasteiger partial charge in [0.15, 0.2) is 0 Å². The van der Waals surface area contributed by atoms with E-state index >= 15 is 0 Å². The monoisotopic (exact) mass is 221 g/mol. The molecule has 0 saturated heterocycles. The Labute approximate surface area is 69.9 Å². The van der Waals surface area contributed by atoms with Crippen LogP contribution in [-0.2, 0) is 3.02 Å². The van der Waals surface area contributed by atoms with Gasteiger partial charge in [-0.25, -0.2) is 0 Å². The summed E-state index contributed by atoms with van der Waals surface area (Å²) in [6, 6.07) is 0. The fourth-order valence-corrected chi connectivity index (χ4v) is 0. The Morgan fingerprint density at radius 3 is 1.29 bits per heavy atom. The first kappa shape index (κ1) is 15.6. The third-order valence-electron chi connectivity index (χ3n) is 0. The fraction of sp³-hybridized carbons (Fsp3) is 0. The van der Waals surface area contributed by atoms with Gasteiger partial charge < -0.3 is 15.0 Å². The van der Waals surface area contributed by atoms with E-state index in [1.807, 2.05) is 0 Å². The van der Waals surface area contributed by atoms with Crippen LogP contribution in [0.15, 0.2) is 0 Å². The Balaban J connectivity index is -0.0000000480. The summed E-state index contributed by atoms with van der Waals surface area (Å²) in [5, 5.41) is 16.7. The standard InChI is InChI=1S/CH2O3.Mg.O.Sb/c2-1(3)4;;;/h(H2,2,3,4);;;/q;+2;;+1/p-2. The normalized spacial score (nSPS) is 4.00. The van der Waals surface area contributed by atoms with Crippen LogP contribution in [0.3, 0.4) is 0 Å². The Morgan fingerprint density at radius 2 is 1.29 bits per heavy atom. The van der Waals surface area contributed by atoms with Crippen LogP contribution in [0.25, 0.3) is 0 Å². The second-order valence-corrected chi connectivity index (χ2v) is 0.250. The van der Waals surface area contributed by atoms with Crippen molar-refractivity contribution in [3.63, 3.8) is 0 Å². The van der Waals surface area contributed by atoms with Crippen LogP contribution in [0, 0.1) is 0 Å². The van der Waals surface area contributed by atoms with Crippen molar-refractivity contribution in [2.45, 2.75) is 0 Å². The summed E-state index contributed by atoms with van der Waals surface area (Å²) < 4.78 is 8.30. The molecular formula is CMgO4Sb+. The van der Waals surface area contributed by atoms with E-state index in [-0.39, 0.29) is 23.1 Å². The van der Waals surface area contributed by atoms with E-state index < -0.39 is 6.16 Å². The molecule has 0 atom stereocenters. The predicted molar refractivity (Wildman–Crippen MR) is 17.6 cm³/mol. The maximum atomic E-state index is 8.33. The van der Waals surface area contributed by atoms with E-state index in [1.54, 1.807) is 0 Å². The summed E-state index contributed by atoms with van der Waals surface area (Å²) in [6.45, 7) is 0. The molecule has 0 amide bonds. The zero-order valence-corrected chi connectivity index (χ0v) is 7.25. The molecule has 0 N–H and O–H groups in total. The molecule has 4 nitrogen and oxygen atoms in total. The molecule has 0 unspecified atom stereocenters. The van der Waals surface area contributed by atoms with Crippen molar-refractivity contribution in [1.82, 2.24) is 0 Å². The minimum atomic E-state index is -2.33. The molecule has 0 aromatic heterocycles. The summed E-state index contributed by atoms with van der Waals surface area (Å²) in [5.41, 5.74) is 0. The molecule has 0 heterocycles. The van der Waals surface area contributed by atoms with Crippen molar-refractivity contribution >= 4 is 52.2 Å². The fourth-order valence-electron chi connectivity index (χ4n) is 0. The predicted octanol–water partition coefficient (Wildman–Crippen LogP) is -3.33. The van der Waals surface area contributed by atoms with E-state index in [0.717, 1.165) is 0 Å². The average Bonchev–Trinajstić information content (AvgIpc) is 1.41. The van der Waals surface area contributed by atoms with Crippen LogP contribution >= 0.6 is 0 Å². The van der Waals surface area contributed by atoms with E-state index in [9.17, 15) is 0 Å². The van der Waals surface area contributed by atoms with Crippen molar-refractivity contribution in [3.8, 4) is 0 Å². The third kappa shape index (κ3) is 337. The number of carbonyl (C=O) groups excluding carboxylic acids is 1. The number of rotatable bonds is 0. The molecular weight excluding hydrogens is 222 g/mol. The molecule has 0 aromatic rings. The Bertz CT molecular complexity index is 43.0. The quantitative estimate of drug-likeness (QED) is 0.401. The first-order valence-electron chi connectivity index (χ1n) is 0.795. The zero-order chi connectivity index (χ0) is 5.58. The van der Waals surface area contributed by atoms with Gasteiger partial charge in [-0.05, 0) is 6.16 Å². The molecule has 34 valence electrons. The van der Waals surface area contributed by atoms with Gasteiger partial charge in [0.25, 0.3) is 0 Å². The molecule has 0 saturated carbocycles. The van der Waals surface area contributed by atoms with Crippen LogP contribution in [0.5, 0.6) is 0 Å². The summed E-state index contributed by atoms with van der Waals surface area (Å²) in [5.74, 6) is 0. The molecule has 6 heteroatoms. The van der Waals surface area contributed by atoms with E-state index in [2.05, 4.69) is 0 Å². The number of hydrogen-bond donors (Lipinski definition) is 0. The van der Waals surface area contributed by atoms with Crippen LogP contribution in [0.2, 0.25) is 0 Å². The zero-order valence-electron chi connectivity index (χ0n) is 3.29. The van der Waals surface area contributed by atoms with Crippen molar-refractivity contribution in [2.75, 3.05) is 0 Å². The van der Waals surface area contributed by atoms with Crippen molar-refractivity contribution in [3.05, 3.63) is 0 Å². The van der Waals surface area contributed by atoms with Gasteiger partial charge in [0.05, 0.1) is 0 Å². The minimum absolute atomic E-state index is 0. The maximum absolute atomic E-state index is 8.33. The SMILES string of the molecule is O=C([O-])[O-].[Mg+2].[O]=[Sb+]. The Kier molecular flexibility index (Phi) is 35.6. The van der Waals surface area contributed by atoms with Gasteiger partial charge in [-0.2, -0.15) is 0 Å². The van der Waals surface area contributed by atoms with Crippen LogP contribution in [0.1, 0.15) is 0 Å². The first-order chi connectivity index (χ1) is 2.73. The first-order valence-corrected chi connectivity index (χ1v) is 1.84. The number of hydrogen-bond acceptors (Lipinski definition) is 4. The molecule has 0 rings (SSSR count). The summed E-state index contributed by atoms with van der Waals surface area (Å²) in [6.07, 6.45) is -2.33. The summed E-state index contributed by atoms with van der Waals surface area (Å²) in [7, 11) is 0. The molecule has 0 aromatic carbocycles. The van der Waals surface area contributed by atoms with Crippen LogP contribution in [-0.4, -0.2) is 52.2 Å². The van der Waals surface area contributed by atoms with E-state index in [0.29, 0.717) is 23.0 Å². The van der Waals surface area contributed by atoms with Crippen molar-refractivity contribution < 1.29 is 18.0 Å². The van der Waals surface area contributed by atoms with Gasteiger partial charge in [-0.15, -0.1) is 0 Å². The molecule has 0 fully saturated rings. The molecule has 2 radical (unpaired) electrons. The van der Waals surface area contributed by atoms with Gasteiger partial charge >= 0.3 is 49.1 Å². The second kappa shape index (κ2) is 15.9. The third-order valence-corrected chi connectivity index (χ3v) is 0. The molecule has 0 aliphatic heterocycles. The van der Waals surface area contributed by atoms with Crippen molar-refractivity contribution in [1.29, 1.82) is 0 Å². The topological polar surface area (TPSA) is 80.3 Å². The molecule has 0 aliphatic carbocycles. The van der Waals surface area contributed by atoms with Gasteiger partial charge in [-0.3, -0.25) is 0 Å². The molecule has 7 heavy (non-hydrogen) atoms. The van der Waals surface area contributed by atoms with Crippen LogP contribution in [0.4, 0.5) is 4.79 Å². The van der Waals surface area contributed by atoms with Gasteiger partial charge in [0.1, 0.15) is 0 Å². The number of carbonyl (C=O) groups is 1. The Morgan fingerprint density at radius 1 is 1.29 bits per heavy atom. The van der Waals surface area contributed by atoms with Gasteiger partial charge in [0.2, 0.25) is 0 Å². The summed E-state index contributed by atoms with van der Waals surface area (Å²) >= 11 is 0.500. The van der Waals surface area contributed by atoms with E-state index in [1.165, 1.54) is 0 Å². The molecule has 0 aliphatic rings. The molecule has 0 spiro atoms. The van der Waals surface area contributed by atoms with Crippen molar-refractivity contribution in [2.24, 2.45) is 0 Å². The van der Waals surface area contributed by atoms with Gasteiger partial charge in [0, 0.05) is 0 Å².